The fourth-order valence-corrected chi connectivity index (χ4v) is 3.28. The predicted octanol–water partition coefficient (Wildman–Crippen LogP) is 5.15. The molecular weight excluding hydrogens is 323 g/mol. The molecular formula is C14H11ClF3NOS. The van der Waals surface area contributed by atoms with Gasteiger partial charge in [0, 0.05) is 11.2 Å². The second kappa shape index (κ2) is 5.69. The molecule has 112 valence electrons. The highest BCUT2D eigenvalue weighted by molar-refractivity contribution is 7.93. The van der Waals surface area contributed by atoms with Gasteiger partial charge >= 0.3 is 6.18 Å². The molecule has 0 amide bonds. The van der Waals surface area contributed by atoms with Gasteiger partial charge in [0.25, 0.3) is 0 Å². The molecule has 0 saturated carbocycles. The number of halogens is 4. The number of nitrogens with zero attached hydrogens (tertiary/aromatic N) is 1. The fourth-order valence-electron chi connectivity index (χ4n) is 1.72. The fraction of sp³-hybridized carbons (Fsp3) is 0.143. The number of rotatable bonds is 2. The summed E-state index contributed by atoms with van der Waals surface area (Å²) >= 11 is 5.62. The quantitative estimate of drug-likeness (QED) is 0.747. The SMILES string of the molecule is CS(=O)(=Nc1ccc(C(F)(F)F)c(Cl)c1)c1ccccc1. The van der Waals surface area contributed by atoms with Crippen molar-refractivity contribution in [3.8, 4) is 0 Å². The van der Waals surface area contributed by atoms with E-state index in [9.17, 15) is 17.4 Å². The molecule has 0 spiro atoms. The monoisotopic (exact) mass is 333 g/mol. The molecule has 0 radical (unpaired) electrons. The summed E-state index contributed by atoms with van der Waals surface area (Å²) in [7, 11) is -2.74. The van der Waals surface area contributed by atoms with Crippen molar-refractivity contribution in [1.82, 2.24) is 0 Å². The summed E-state index contributed by atoms with van der Waals surface area (Å²) in [5.74, 6) is 0. The highest BCUT2D eigenvalue weighted by Gasteiger charge is 2.33. The van der Waals surface area contributed by atoms with E-state index in [1.807, 2.05) is 0 Å². The Bertz CT molecular complexity index is 766. The molecule has 2 aromatic carbocycles. The van der Waals surface area contributed by atoms with Gasteiger partial charge in [0.05, 0.1) is 26.0 Å². The minimum Gasteiger partial charge on any atom is -0.245 e. The summed E-state index contributed by atoms with van der Waals surface area (Å²) in [5.41, 5.74) is -0.796. The molecule has 0 aliphatic heterocycles. The Balaban J connectivity index is 2.47. The lowest BCUT2D eigenvalue weighted by atomic mass is 10.2. The van der Waals surface area contributed by atoms with E-state index in [0.717, 1.165) is 18.2 Å². The smallest absolute Gasteiger partial charge is 0.245 e. The van der Waals surface area contributed by atoms with Crippen molar-refractivity contribution in [3.63, 3.8) is 0 Å². The zero-order valence-corrected chi connectivity index (χ0v) is 12.5. The Labute approximate surface area is 125 Å². The van der Waals surface area contributed by atoms with Crippen molar-refractivity contribution >= 4 is 27.0 Å². The van der Waals surface area contributed by atoms with E-state index < -0.39 is 26.5 Å². The molecule has 1 atom stereocenters. The molecule has 2 aromatic rings. The summed E-state index contributed by atoms with van der Waals surface area (Å²) in [6, 6.07) is 11.6. The molecule has 2 nitrogen and oxygen atoms in total. The molecule has 0 bridgehead atoms. The largest absolute Gasteiger partial charge is 0.417 e. The van der Waals surface area contributed by atoms with E-state index in [1.54, 1.807) is 30.3 Å². The van der Waals surface area contributed by atoms with Gasteiger partial charge in [0.15, 0.2) is 0 Å². The molecule has 0 aromatic heterocycles. The third-order valence-corrected chi connectivity index (χ3v) is 4.74. The minimum absolute atomic E-state index is 0.143. The first-order chi connectivity index (χ1) is 9.70. The molecule has 0 aliphatic carbocycles. The number of hydrogen-bond acceptors (Lipinski definition) is 2. The van der Waals surface area contributed by atoms with Crippen LogP contribution in [0.2, 0.25) is 5.02 Å². The van der Waals surface area contributed by atoms with Crippen LogP contribution in [0.4, 0.5) is 18.9 Å². The van der Waals surface area contributed by atoms with Crippen LogP contribution in [0.15, 0.2) is 57.8 Å². The molecule has 0 saturated heterocycles. The van der Waals surface area contributed by atoms with Crippen LogP contribution in [0.1, 0.15) is 5.56 Å². The van der Waals surface area contributed by atoms with Crippen molar-refractivity contribution in [1.29, 1.82) is 0 Å². The van der Waals surface area contributed by atoms with E-state index in [-0.39, 0.29) is 5.69 Å². The zero-order chi connectivity index (χ0) is 15.7. The highest BCUT2D eigenvalue weighted by atomic mass is 35.5. The van der Waals surface area contributed by atoms with Gasteiger partial charge in [-0.05, 0) is 30.3 Å². The average molecular weight is 334 g/mol. The van der Waals surface area contributed by atoms with Crippen LogP contribution in [0, 0.1) is 0 Å². The summed E-state index contributed by atoms with van der Waals surface area (Å²) in [6.45, 7) is 0. The van der Waals surface area contributed by atoms with E-state index in [4.69, 9.17) is 11.6 Å². The summed E-state index contributed by atoms with van der Waals surface area (Å²) in [6.07, 6.45) is -3.10. The standard InChI is InChI=1S/C14H11ClF3NOS/c1-21(20,11-5-3-2-4-6-11)19-10-7-8-12(13(15)9-10)14(16,17)18/h2-9H,1H3. The first-order valence-corrected chi connectivity index (χ1v) is 8.14. The normalized spacial score (nSPS) is 14.5. The lowest BCUT2D eigenvalue weighted by Crippen LogP contribution is -2.05. The molecule has 1 unspecified atom stereocenters. The average Bonchev–Trinajstić information content (AvgIpc) is 2.37. The Kier molecular flexibility index (Phi) is 4.30. The zero-order valence-electron chi connectivity index (χ0n) is 10.9. The highest BCUT2D eigenvalue weighted by Crippen LogP contribution is 2.36. The lowest BCUT2D eigenvalue weighted by molar-refractivity contribution is -0.137. The molecule has 21 heavy (non-hydrogen) atoms. The maximum atomic E-state index is 12.6. The Morgan fingerprint density at radius 3 is 2.24 bits per heavy atom. The minimum atomic E-state index is -4.53. The van der Waals surface area contributed by atoms with Gasteiger partial charge in [0.1, 0.15) is 0 Å². The van der Waals surface area contributed by atoms with Crippen molar-refractivity contribution in [2.75, 3.05) is 6.26 Å². The van der Waals surface area contributed by atoms with Gasteiger partial charge in [-0.2, -0.15) is 17.5 Å². The first-order valence-electron chi connectivity index (χ1n) is 5.84. The Hall–Kier alpha value is -1.53. The van der Waals surface area contributed by atoms with Gasteiger partial charge in [-0.25, -0.2) is 4.21 Å². The number of benzene rings is 2. The van der Waals surface area contributed by atoms with E-state index in [0.29, 0.717) is 4.90 Å². The van der Waals surface area contributed by atoms with Crippen LogP contribution < -0.4 is 0 Å². The summed E-state index contributed by atoms with van der Waals surface area (Å²) in [5, 5.41) is -0.466. The van der Waals surface area contributed by atoms with Crippen LogP contribution in [0.25, 0.3) is 0 Å². The van der Waals surface area contributed by atoms with E-state index >= 15 is 0 Å². The van der Waals surface area contributed by atoms with Crippen LogP contribution >= 0.6 is 11.6 Å². The summed E-state index contributed by atoms with van der Waals surface area (Å²) < 4.78 is 54.4. The third-order valence-electron chi connectivity index (χ3n) is 2.72. The predicted molar refractivity (Wildman–Crippen MR) is 77.3 cm³/mol. The van der Waals surface area contributed by atoms with Gasteiger partial charge in [0.2, 0.25) is 0 Å². The van der Waals surface area contributed by atoms with Crippen molar-refractivity contribution in [2.24, 2.45) is 4.36 Å². The van der Waals surface area contributed by atoms with Crippen molar-refractivity contribution < 1.29 is 17.4 Å². The van der Waals surface area contributed by atoms with Crippen molar-refractivity contribution in [2.45, 2.75) is 11.1 Å². The first kappa shape index (κ1) is 15.9. The maximum absolute atomic E-state index is 12.6. The van der Waals surface area contributed by atoms with Crippen LogP contribution in [-0.4, -0.2) is 10.5 Å². The van der Waals surface area contributed by atoms with Crippen LogP contribution in [0.5, 0.6) is 0 Å². The van der Waals surface area contributed by atoms with Gasteiger partial charge < -0.3 is 0 Å². The molecule has 0 heterocycles. The molecule has 0 fully saturated rings. The second-order valence-electron chi connectivity index (χ2n) is 4.37. The lowest BCUT2D eigenvalue weighted by Gasteiger charge is -2.09. The second-order valence-corrected chi connectivity index (χ2v) is 7.03. The topological polar surface area (TPSA) is 29.4 Å². The van der Waals surface area contributed by atoms with Crippen molar-refractivity contribution in [3.05, 3.63) is 59.1 Å². The molecule has 7 heteroatoms. The maximum Gasteiger partial charge on any atom is 0.417 e. The molecule has 0 aliphatic rings. The summed E-state index contributed by atoms with van der Waals surface area (Å²) in [4.78, 5) is 0.501. The third kappa shape index (κ3) is 3.77. The van der Waals surface area contributed by atoms with Crippen LogP contribution in [0.3, 0.4) is 0 Å². The van der Waals surface area contributed by atoms with Crippen LogP contribution in [-0.2, 0) is 15.9 Å². The molecule has 2 rings (SSSR count). The Morgan fingerprint density at radius 2 is 1.71 bits per heavy atom. The van der Waals surface area contributed by atoms with Gasteiger partial charge in [-0.3, -0.25) is 0 Å². The van der Waals surface area contributed by atoms with E-state index in [1.165, 1.54) is 6.26 Å². The van der Waals surface area contributed by atoms with Gasteiger partial charge in [-0.1, -0.05) is 29.8 Å². The molecule has 0 N–H and O–H groups in total. The van der Waals surface area contributed by atoms with E-state index in [2.05, 4.69) is 4.36 Å². The Morgan fingerprint density at radius 1 is 1.10 bits per heavy atom. The number of hydrogen-bond donors (Lipinski definition) is 0. The number of alkyl halides is 3. The van der Waals surface area contributed by atoms with Gasteiger partial charge in [-0.15, -0.1) is 0 Å².